The van der Waals surface area contributed by atoms with Gasteiger partial charge in [-0.3, -0.25) is 4.79 Å². The molecule has 0 saturated heterocycles. The molecule has 1 fully saturated rings. The van der Waals surface area contributed by atoms with Crippen molar-refractivity contribution in [2.45, 2.75) is 63.9 Å². The van der Waals surface area contributed by atoms with E-state index < -0.39 is 5.97 Å². The minimum absolute atomic E-state index is 0.0761. The third kappa shape index (κ3) is 5.46. The lowest BCUT2D eigenvalue weighted by Gasteiger charge is -2.33. The van der Waals surface area contributed by atoms with Crippen molar-refractivity contribution in [3.05, 3.63) is 22.9 Å². The van der Waals surface area contributed by atoms with Gasteiger partial charge >= 0.3 is 5.97 Å². The molecule has 0 spiro atoms. The fraction of sp³-hybridized carbons (Fsp3) is 0.600. The molecule has 0 radical (unpaired) electrons. The Morgan fingerprint density at radius 2 is 2.04 bits per heavy atom. The number of amides is 1. The van der Waals surface area contributed by atoms with Gasteiger partial charge in [-0.15, -0.1) is 0 Å². The number of carbonyl (C=O) groups is 2. The Hall–Kier alpha value is -2.07. The molecule has 0 N–H and O–H groups in total. The number of carbonyl (C=O) groups excluding carboxylic acids is 2. The molecule has 1 heterocycles. The van der Waals surface area contributed by atoms with Crippen LogP contribution in [0.4, 0.5) is 0 Å². The fourth-order valence-electron chi connectivity index (χ4n) is 3.43. The summed E-state index contributed by atoms with van der Waals surface area (Å²) in [5.41, 5.74) is 1.09. The minimum atomic E-state index is -0.485. The Kier molecular flexibility index (Phi) is 8.11. The Balaban J connectivity index is 2.10. The summed E-state index contributed by atoms with van der Waals surface area (Å²) in [5, 5.41) is 9.90. The number of esters is 1. The van der Waals surface area contributed by atoms with E-state index in [0.717, 1.165) is 12.8 Å². The van der Waals surface area contributed by atoms with Gasteiger partial charge in [0.1, 0.15) is 11.1 Å². The van der Waals surface area contributed by atoms with Crippen molar-refractivity contribution < 1.29 is 14.3 Å². The summed E-state index contributed by atoms with van der Waals surface area (Å²) < 4.78 is 5.00. The molecule has 1 aliphatic carbocycles. The van der Waals surface area contributed by atoms with Crippen LogP contribution in [0.1, 0.15) is 67.6 Å². The van der Waals surface area contributed by atoms with Gasteiger partial charge in [0, 0.05) is 12.6 Å². The molecule has 1 aromatic rings. The number of hydrogen-bond acceptors (Lipinski definition) is 6. The summed E-state index contributed by atoms with van der Waals surface area (Å²) >= 11 is 1.26. The number of pyridine rings is 1. The van der Waals surface area contributed by atoms with E-state index in [-0.39, 0.29) is 18.3 Å². The first kappa shape index (κ1) is 21.2. The molecule has 7 heteroatoms. The molecular weight excluding hydrogens is 362 g/mol. The Morgan fingerprint density at radius 1 is 1.33 bits per heavy atom. The summed E-state index contributed by atoms with van der Waals surface area (Å²) in [5.74, 6) is -0.169. The van der Waals surface area contributed by atoms with E-state index >= 15 is 0 Å². The second-order valence-electron chi connectivity index (χ2n) is 6.57. The molecular formula is C20H27N3O3S. The van der Waals surface area contributed by atoms with Crippen molar-refractivity contribution in [1.82, 2.24) is 9.88 Å². The molecule has 2 rings (SSSR count). The van der Waals surface area contributed by atoms with Gasteiger partial charge in [-0.25, -0.2) is 9.78 Å². The van der Waals surface area contributed by atoms with Gasteiger partial charge in [-0.1, -0.05) is 31.0 Å². The van der Waals surface area contributed by atoms with Crippen LogP contribution in [-0.2, 0) is 9.53 Å². The molecule has 6 nitrogen and oxygen atoms in total. The standard InChI is InChI=1S/C20H27N3O3S/c1-4-23(16-9-7-6-8-10-16)18(24)13-27-19-15(12-21)11-17(14(3)22-19)20(25)26-5-2/h11,16H,4-10,13H2,1-3H3. The zero-order chi connectivity index (χ0) is 19.8. The molecule has 27 heavy (non-hydrogen) atoms. The van der Waals surface area contributed by atoms with Gasteiger partial charge in [0.2, 0.25) is 5.91 Å². The van der Waals surface area contributed by atoms with Crippen LogP contribution in [0, 0.1) is 18.3 Å². The number of rotatable bonds is 7. The molecule has 1 aromatic heterocycles. The lowest BCUT2D eigenvalue weighted by molar-refractivity contribution is -0.131. The Morgan fingerprint density at radius 3 is 2.63 bits per heavy atom. The lowest BCUT2D eigenvalue weighted by atomic mass is 9.94. The molecule has 146 valence electrons. The van der Waals surface area contributed by atoms with Crippen LogP contribution in [0.3, 0.4) is 0 Å². The third-order valence-corrected chi connectivity index (χ3v) is 5.78. The number of aryl methyl sites for hydroxylation is 1. The highest BCUT2D eigenvalue weighted by molar-refractivity contribution is 8.00. The Labute approximate surface area is 165 Å². The summed E-state index contributed by atoms with van der Waals surface area (Å²) in [6, 6.07) is 3.91. The first-order valence-corrected chi connectivity index (χ1v) is 10.5. The smallest absolute Gasteiger partial charge is 0.340 e. The van der Waals surface area contributed by atoms with Gasteiger partial charge in [0.05, 0.1) is 29.2 Å². The molecule has 0 unspecified atom stereocenters. The highest BCUT2D eigenvalue weighted by Crippen LogP contribution is 2.26. The first-order chi connectivity index (χ1) is 13.0. The van der Waals surface area contributed by atoms with Crippen LogP contribution in [0.2, 0.25) is 0 Å². The summed E-state index contributed by atoms with van der Waals surface area (Å²) in [6.07, 6.45) is 5.74. The molecule has 0 atom stereocenters. The topological polar surface area (TPSA) is 83.3 Å². The quantitative estimate of drug-likeness (QED) is 0.522. The molecule has 0 aromatic carbocycles. The highest BCUT2D eigenvalue weighted by atomic mass is 32.2. The number of nitriles is 1. The molecule has 0 aliphatic heterocycles. The predicted molar refractivity (Wildman–Crippen MR) is 105 cm³/mol. The largest absolute Gasteiger partial charge is 0.462 e. The SMILES string of the molecule is CCOC(=O)c1cc(C#N)c(SCC(=O)N(CC)C2CCCCC2)nc1C. The van der Waals surface area contributed by atoms with Gasteiger partial charge in [0.15, 0.2) is 0 Å². The number of ether oxygens (including phenoxy) is 1. The number of aromatic nitrogens is 1. The number of thioether (sulfide) groups is 1. The average Bonchev–Trinajstić information content (AvgIpc) is 2.68. The van der Waals surface area contributed by atoms with Crippen molar-refractivity contribution in [2.75, 3.05) is 18.9 Å². The van der Waals surface area contributed by atoms with Crippen LogP contribution >= 0.6 is 11.8 Å². The number of nitrogens with zero attached hydrogens (tertiary/aromatic N) is 3. The van der Waals surface area contributed by atoms with Crippen LogP contribution in [0.25, 0.3) is 0 Å². The van der Waals surface area contributed by atoms with E-state index in [0.29, 0.717) is 34.4 Å². The second kappa shape index (κ2) is 10.3. The lowest BCUT2D eigenvalue weighted by Crippen LogP contribution is -2.42. The van der Waals surface area contributed by atoms with Gasteiger partial charge < -0.3 is 9.64 Å². The highest BCUT2D eigenvalue weighted by Gasteiger charge is 2.24. The number of hydrogen-bond donors (Lipinski definition) is 0. The van der Waals surface area contributed by atoms with Crippen LogP contribution in [-0.4, -0.2) is 46.7 Å². The van der Waals surface area contributed by atoms with Crippen LogP contribution in [0.5, 0.6) is 0 Å². The van der Waals surface area contributed by atoms with E-state index in [2.05, 4.69) is 11.1 Å². The van der Waals surface area contributed by atoms with Crippen LogP contribution in [0.15, 0.2) is 11.1 Å². The average molecular weight is 390 g/mol. The van der Waals surface area contributed by atoms with Crippen molar-refractivity contribution in [2.24, 2.45) is 0 Å². The summed E-state index contributed by atoms with van der Waals surface area (Å²) in [6.45, 7) is 6.41. The maximum absolute atomic E-state index is 12.7. The van der Waals surface area contributed by atoms with E-state index in [1.54, 1.807) is 13.8 Å². The third-order valence-electron chi connectivity index (χ3n) is 4.80. The maximum Gasteiger partial charge on any atom is 0.340 e. The maximum atomic E-state index is 12.7. The second-order valence-corrected chi connectivity index (χ2v) is 7.53. The minimum Gasteiger partial charge on any atom is -0.462 e. The van der Waals surface area contributed by atoms with Crippen molar-refractivity contribution in [3.63, 3.8) is 0 Å². The van der Waals surface area contributed by atoms with Gasteiger partial charge in [0.25, 0.3) is 0 Å². The normalized spacial score (nSPS) is 14.4. The predicted octanol–water partition coefficient (Wildman–Crippen LogP) is 3.71. The molecule has 1 aliphatic rings. The van der Waals surface area contributed by atoms with Gasteiger partial charge in [-0.2, -0.15) is 5.26 Å². The fourth-order valence-corrected chi connectivity index (χ4v) is 4.32. The van der Waals surface area contributed by atoms with Crippen LogP contribution < -0.4 is 0 Å². The van der Waals surface area contributed by atoms with E-state index in [9.17, 15) is 14.9 Å². The molecule has 0 bridgehead atoms. The summed E-state index contributed by atoms with van der Waals surface area (Å²) in [4.78, 5) is 31.0. The van der Waals surface area contributed by atoms with Crippen molar-refractivity contribution >= 4 is 23.6 Å². The van der Waals surface area contributed by atoms with E-state index in [1.807, 2.05) is 11.8 Å². The summed E-state index contributed by atoms with van der Waals surface area (Å²) in [7, 11) is 0. The molecule has 1 amide bonds. The zero-order valence-corrected chi connectivity index (χ0v) is 17.1. The first-order valence-electron chi connectivity index (χ1n) is 9.52. The van der Waals surface area contributed by atoms with E-state index in [4.69, 9.17) is 4.74 Å². The van der Waals surface area contributed by atoms with Crippen molar-refractivity contribution in [1.29, 1.82) is 5.26 Å². The molecule has 1 saturated carbocycles. The van der Waals surface area contributed by atoms with E-state index in [1.165, 1.54) is 37.1 Å². The monoisotopic (exact) mass is 389 g/mol. The van der Waals surface area contributed by atoms with Crippen molar-refractivity contribution in [3.8, 4) is 6.07 Å². The van der Waals surface area contributed by atoms with Gasteiger partial charge in [-0.05, 0) is 39.7 Å². The Bertz CT molecular complexity index is 724. The zero-order valence-electron chi connectivity index (χ0n) is 16.3.